The van der Waals surface area contributed by atoms with Crippen molar-refractivity contribution in [3.8, 4) is 0 Å². The van der Waals surface area contributed by atoms with Crippen LogP contribution in [0.2, 0.25) is 0 Å². The third-order valence-electron chi connectivity index (χ3n) is 2.22. The van der Waals surface area contributed by atoms with Crippen LogP contribution < -0.4 is 5.73 Å². The van der Waals surface area contributed by atoms with Crippen molar-refractivity contribution in [2.75, 3.05) is 13.2 Å². The molecule has 1 saturated heterocycles. The van der Waals surface area contributed by atoms with Gasteiger partial charge in [0.2, 0.25) is 0 Å². The van der Waals surface area contributed by atoms with Gasteiger partial charge in [0.1, 0.15) is 5.82 Å². The molecule has 1 aromatic carbocycles. The average Bonchev–Trinajstić information content (AvgIpc) is 2.70. The van der Waals surface area contributed by atoms with E-state index in [0.717, 1.165) is 4.47 Å². The van der Waals surface area contributed by atoms with Crippen LogP contribution in [0.15, 0.2) is 22.7 Å². The molecule has 2 rings (SSSR count). The maximum absolute atomic E-state index is 13.0. The molecule has 0 aliphatic carbocycles. The van der Waals surface area contributed by atoms with Crippen LogP contribution in [0.25, 0.3) is 0 Å². The molecule has 0 aromatic heterocycles. The minimum Gasteiger partial charge on any atom is -0.346 e. The lowest BCUT2D eigenvalue weighted by molar-refractivity contribution is -0.0592. The van der Waals surface area contributed by atoms with Gasteiger partial charge < -0.3 is 15.2 Å². The molecule has 0 spiro atoms. The van der Waals surface area contributed by atoms with Crippen molar-refractivity contribution in [1.82, 2.24) is 0 Å². The van der Waals surface area contributed by atoms with Crippen LogP contribution in [0.4, 0.5) is 4.39 Å². The number of hydrogen-bond donors (Lipinski definition) is 1. The Bertz CT molecular complexity index is 361. The number of hydrogen-bond acceptors (Lipinski definition) is 3. The maximum Gasteiger partial charge on any atom is 0.185 e. The molecular weight excluding hydrogens is 265 g/mol. The minimum absolute atomic E-state index is 0.106. The second kappa shape index (κ2) is 4.57. The topological polar surface area (TPSA) is 44.5 Å². The number of benzene rings is 1. The summed E-state index contributed by atoms with van der Waals surface area (Å²) in [5, 5.41) is 0. The predicted molar refractivity (Wildman–Crippen MR) is 56.7 cm³/mol. The van der Waals surface area contributed by atoms with E-state index in [1.165, 1.54) is 12.1 Å². The van der Waals surface area contributed by atoms with E-state index in [1.54, 1.807) is 6.07 Å². The fourth-order valence-electron chi connectivity index (χ4n) is 1.43. The quantitative estimate of drug-likeness (QED) is 0.898. The minimum atomic E-state index is -0.524. The highest BCUT2D eigenvalue weighted by Crippen LogP contribution is 2.32. The van der Waals surface area contributed by atoms with Gasteiger partial charge in [0.15, 0.2) is 6.29 Å². The van der Waals surface area contributed by atoms with Crippen molar-refractivity contribution in [2.24, 2.45) is 5.73 Å². The van der Waals surface area contributed by atoms with E-state index >= 15 is 0 Å². The smallest absolute Gasteiger partial charge is 0.185 e. The molecule has 15 heavy (non-hydrogen) atoms. The summed E-state index contributed by atoms with van der Waals surface area (Å²) < 4.78 is 24.7. The van der Waals surface area contributed by atoms with Gasteiger partial charge in [0.25, 0.3) is 0 Å². The first-order chi connectivity index (χ1) is 7.20. The van der Waals surface area contributed by atoms with Crippen LogP contribution in [0.3, 0.4) is 0 Å². The third kappa shape index (κ3) is 2.36. The Morgan fingerprint density at radius 2 is 2.33 bits per heavy atom. The fourth-order valence-corrected chi connectivity index (χ4v) is 1.86. The standard InChI is InChI=1S/C10H11BrFNO2/c11-9-2-1-6(12)3-8(9)10-14-5-7(4-13)15-10/h1-3,7,10H,4-5,13H2. The van der Waals surface area contributed by atoms with Crippen LogP contribution in [0.1, 0.15) is 11.9 Å². The van der Waals surface area contributed by atoms with E-state index in [2.05, 4.69) is 15.9 Å². The van der Waals surface area contributed by atoms with E-state index in [1.807, 2.05) is 0 Å². The van der Waals surface area contributed by atoms with E-state index < -0.39 is 6.29 Å². The molecule has 1 aromatic rings. The number of halogens is 2. The van der Waals surface area contributed by atoms with Gasteiger partial charge in [-0.2, -0.15) is 0 Å². The molecule has 82 valence electrons. The Morgan fingerprint density at radius 3 is 3.00 bits per heavy atom. The monoisotopic (exact) mass is 275 g/mol. The molecule has 0 radical (unpaired) electrons. The lowest BCUT2D eigenvalue weighted by atomic mass is 10.2. The zero-order valence-corrected chi connectivity index (χ0v) is 9.54. The highest BCUT2D eigenvalue weighted by atomic mass is 79.9. The second-order valence-electron chi connectivity index (χ2n) is 3.32. The van der Waals surface area contributed by atoms with Gasteiger partial charge in [-0.1, -0.05) is 15.9 Å². The zero-order chi connectivity index (χ0) is 10.8. The largest absolute Gasteiger partial charge is 0.346 e. The van der Waals surface area contributed by atoms with Gasteiger partial charge >= 0.3 is 0 Å². The second-order valence-corrected chi connectivity index (χ2v) is 4.18. The van der Waals surface area contributed by atoms with Crippen molar-refractivity contribution in [1.29, 1.82) is 0 Å². The first-order valence-electron chi connectivity index (χ1n) is 4.63. The molecule has 0 amide bonds. The average molecular weight is 276 g/mol. The third-order valence-corrected chi connectivity index (χ3v) is 2.95. The van der Waals surface area contributed by atoms with Crippen LogP contribution in [-0.4, -0.2) is 19.3 Å². The SMILES string of the molecule is NCC1COC(c2cc(F)ccc2Br)O1. The molecular formula is C10H11BrFNO2. The molecule has 1 heterocycles. The lowest BCUT2D eigenvalue weighted by Gasteiger charge is -2.12. The Balaban J connectivity index is 2.19. The van der Waals surface area contributed by atoms with E-state index in [-0.39, 0.29) is 11.9 Å². The predicted octanol–water partition coefficient (Wildman–Crippen LogP) is 1.96. The van der Waals surface area contributed by atoms with Gasteiger partial charge in [-0.25, -0.2) is 4.39 Å². The zero-order valence-electron chi connectivity index (χ0n) is 7.95. The first-order valence-corrected chi connectivity index (χ1v) is 5.42. The molecule has 1 fully saturated rings. The van der Waals surface area contributed by atoms with Gasteiger partial charge in [-0.15, -0.1) is 0 Å². The molecule has 0 saturated carbocycles. The van der Waals surface area contributed by atoms with E-state index in [4.69, 9.17) is 15.2 Å². The molecule has 2 N–H and O–H groups in total. The summed E-state index contributed by atoms with van der Waals surface area (Å²) in [4.78, 5) is 0. The van der Waals surface area contributed by atoms with Crippen LogP contribution in [-0.2, 0) is 9.47 Å². The van der Waals surface area contributed by atoms with Crippen molar-refractivity contribution >= 4 is 15.9 Å². The molecule has 1 aliphatic rings. The summed E-state index contributed by atoms with van der Waals surface area (Å²) in [5.74, 6) is -0.309. The van der Waals surface area contributed by atoms with Crippen molar-refractivity contribution < 1.29 is 13.9 Å². The maximum atomic E-state index is 13.0. The van der Waals surface area contributed by atoms with E-state index in [0.29, 0.717) is 18.7 Å². The molecule has 2 unspecified atom stereocenters. The Kier molecular flexibility index (Phi) is 3.35. The van der Waals surface area contributed by atoms with Crippen LogP contribution in [0, 0.1) is 5.82 Å². The molecule has 2 atom stereocenters. The number of nitrogens with two attached hydrogens (primary N) is 1. The van der Waals surface area contributed by atoms with Crippen molar-refractivity contribution in [2.45, 2.75) is 12.4 Å². The Hall–Kier alpha value is -0.490. The highest BCUT2D eigenvalue weighted by Gasteiger charge is 2.27. The van der Waals surface area contributed by atoms with Gasteiger partial charge in [0, 0.05) is 16.6 Å². The summed E-state index contributed by atoms with van der Waals surface area (Å²) in [6.45, 7) is 0.855. The number of rotatable bonds is 2. The van der Waals surface area contributed by atoms with Crippen molar-refractivity contribution in [3.63, 3.8) is 0 Å². The van der Waals surface area contributed by atoms with Crippen molar-refractivity contribution in [3.05, 3.63) is 34.1 Å². The molecule has 0 bridgehead atoms. The summed E-state index contributed by atoms with van der Waals surface area (Å²) in [6, 6.07) is 4.41. The normalized spacial score (nSPS) is 25.8. The van der Waals surface area contributed by atoms with Crippen LogP contribution in [0.5, 0.6) is 0 Å². The molecule has 3 nitrogen and oxygen atoms in total. The Morgan fingerprint density at radius 1 is 1.53 bits per heavy atom. The number of ether oxygens (including phenoxy) is 2. The highest BCUT2D eigenvalue weighted by molar-refractivity contribution is 9.10. The summed E-state index contributed by atoms with van der Waals surface area (Å²) in [6.07, 6.45) is -0.631. The first kappa shape index (κ1) is 11.0. The summed E-state index contributed by atoms with van der Waals surface area (Å²) in [5.41, 5.74) is 6.11. The van der Waals surface area contributed by atoms with E-state index in [9.17, 15) is 4.39 Å². The van der Waals surface area contributed by atoms with Gasteiger partial charge in [-0.05, 0) is 18.2 Å². The van der Waals surface area contributed by atoms with Gasteiger partial charge in [0.05, 0.1) is 12.7 Å². The lowest BCUT2D eigenvalue weighted by Crippen LogP contribution is -2.21. The molecule has 5 heteroatoms. The summed E-state index contributed by atoms with van der Waals surface area (Å²) in [7, 11) is 0. The fraction of sp³-hybridized carbons (Fsp3) is 0.400. The summed E-state index contributed by atoms with van der Waals surface area (Å²) >= 11 is 3.32. The Labute approximate surface area is 95.5 Å². The molecule has 1 aliphatic heterocycles. The van der Waals surface area contributed by atoms with Gasteiger partial charge in [-0.3, -0.25) is 0 Å². The van der Waals surface area contributed by atoms with Crippen LogP contribution >= 0.6 is 15.9 Å².